The largest absolute Gasteiger partial charge is 0.462 e. The van der Waals surface area contributed by atoms with Crippen molar-refractivity contribution in [3.8, 4) is 0 Å². The third-order valence-corrected chi connectivity index (χ3v) is 11.0. The average Bonchev–Trinajstić information content (AvgIpc) is 3.95. The van der Waals surface area contributed by atoms with Gasteiger partial charge in [-0.25, -0.2) is 0 Å². The van der Waals surface area contributed by atoms with Gasteiger partial charge in [0.15, 0.2) is 0 Å². The van der Waals surface area contributed by atoms with Crippen LogP contribution in [0.25, 0.3) is 0 Å². The fraction of sp³-hybridized carbons (Fsp3) is 0.953. The Bertz CT molecular complexity index is 785. The maximum Gasteiger partial charge on any atom is 0.306 e. The summed E-state index contributed by atoms with van der Waals surface area (Å²) in [7, 11) is 0. The molecule has 5 atom stereocenters. The Morgan fingerprint density at radius 1 is 0.532 bits per heavy atom. The number of carbonyl (C=O) groups is 2. The molecule has 5 unspecified atom stereocenters. The Kier molecular flexibility index (Phi) is 23.2. The molecule has 0 amide bonds. The minimum Gasteiger partial charge on any atom is -0.462 e. The fourth-order valence-electron chi connectivity index (χ4n) is 7.79. The molecule has 2 aliphatic rings. The highest BCUT2D eigenvalue weighted by atomic mass is 16.6. The summed E-state index contributed by atoms with van der Waals surface area (Å²) < 4.78 is 11.4. The van der Waals surface area contributed by atoms with Crippen LogP contribution in [0.2, 0.25) is 0 Å². The predicted octanol–water partition coefficient (Wildman–Crippen LogP) is 13.3. The van der Waals surface area contributed by atoms with Gasteiger partial charge in [0.1, 0.15) is 12.7 Å². The molecule has 0 aromatic heterocycles. The summed E-state index contributed by atoms with van der Waals surface area (Å²) in [6.45, 7) is 11.2. The zero-order valence-electron chi connectivity index (χ0n) is 32.2. The lowest BCUT2D eigenvalue weighted by Gasteiger charge is -2.25. The van der Waals surface area contributed by atoms with Crippen molar-refractivity contribution in [1.82, 2.24) is 0 Å². The number of ether oxygens (including phenoxy) is 2. The van der Waals surface area contributed by atoms with Gasteiger partial charge in [-0.15, -0.1) is 0 Å². The molecule has 2 aliphatic carbocycles. The summed E-state index contributed by atoms with van der Waals surface area (Å²) in [6, 6.07) is 0. The third-order valence-electron chi connectivity index (χ3n) is 11.0. The molecule has 0 radical (unpaired) electrons. The van der Waals surface area contributed by atoms with Crippen molar-refractivity contribution in [2.45, 2.75) is 227 Å². The van der Waals surface area contributed by atoms with Crippen LogP contribution >= 0.6 is 0 Å². The molecular formula is C43H80O4. The van der Waals surface area contributed by atoms with E-state index in [0.29, 0.717) is 19.3 Å². The molecule has 2 rings (SSSR count). The summed E-state index contributed by atoms with van der Waals surface area (Å²) in [5.41, 5.74) is 0.00207. The number of hydrogen-bond donors (Lipinski definition) is 0. The first kappa shape index (κ1) is 42.1. The SMILES string of the molecule is CCCCCCCCC1CC1CCCCCCCC(=O)OC(COC(=O)CCCCCCCC1CC1CCCCCC)CC(C)(C)C. The molecule has 276 valence electrons. The Morgan fingerprint density at radius 2 is 0.894 bits per heavy atom. The van der Waals surface area contributed by atoms with E-state index in [-0.39, 0.29) is 30.1 Å². The monoisotopic (exact) mass is 661 g/mol. The summed E-state index contributed by atoms with van der Waals surface area (Å²) in [4.78, 5) is 25.1. The van der Waals surface area contributed by atoms with E-state index >= 15 is 0 Å². The number of hydrogen-bond acceptors (Lipinski definition) is 4. The second-order valence-corrected chi connectivity index (χ2v) is 17.1. The molecule has 2 saturated carbocycles. The quantitative estimate of drug-likeness (QED) is 0.0532. The molecule has 0 heterocycles. The molecule has 0 bridgehead atoms. The Balaban J connectivity index is 1.43. The van der Waals surface area contributed by atoms with Crippen LogP contribution in [-0.2, 0) is 19.1 Å². The third kappa shape index (κ3) is 23.9. The molecule has 0 aromatic carbocycles. The van der Waals surface area contributed by atoms with E-state index in [1.165, 1.54) is 141 Å². The standard InChI is InChI=1S/C43H80O4/c1-6-8-10-12-15-21-27-38-33-39(38)29-23-17-14-19-25-31-42(45)47-40(34-43(3,4)5)35-46-41(44)30-24-18-13-16-22-28-37-32-36(37)26-20-11-9-7-2/h36-40H,6-35H2,1-5H3. The molecule has 47 heavy (non-hydrogen) atoms. The highest BCUT2D eigenvalue weighted by Crippen LogP contribution is 2.46. The summed E-state index contributed by atoms with van der Waals surface area (Å²) in [6.07, 6.45) is 35.8. The maximum atomic E-state index is 12.6. The lowest BCUT2D eigenvalue weighted by Crippen LogP contribution is -2.29. The van der Waals surface area contributed by atoms with Crippen molar-refractivity contribution in [2.75, 3.05) is 6.61 Å². The topological polar surface area (TPSA) is 52.6 Å². The van der Waals surface area contributed by atoms with E-state index in [0.717, 1.165) is 49.4 Å². The van der Waals surface area contributed by atoms with Gasteiger partial charge in [-0.3, -0.25) is 9.59 Å². The first-order valence-electron chi connectivity index (χ1n) is 21.1. The summed E-state index contributed by atoms with van der Waals surface area (Å²) in [5.74, 6) is 3.79. The van der Waals surface area contributed by atoms with Gasteiger partial charge in [-0.05, 0) is 61.2 Å². The van der Waals surface area contributed by atoms with Crippen LogP contribution in [0.3, 0.4) is 0 Å². The van der Waals surface area contributed by atoms with Gasteiger partial charge in [0, 0.05) is 12.8 Å². The van der Waals surface area contributed by atoms with E-state index in [2.05, 4.69) is 34.6 Å². The highest BCUT2D eigenvalue weighted by molar-refractivity contribution is 5.70. The Hall–Kier alpha value is -1.06. The summed E-state index contributed by atoms with van der Waals surface area (Å²) >= 11 is 0. The van der Waals surface area contributed by atoms with Crippen LogP contribution < -0.4 is 0 Å². The molecule has 4 nitrogen and oxygen atoms in total. The van der Waals surface area contributed by atoms with E-state index in [1.807, 2.05) is 0 Å². The van der Waals surface area contributed by atoms with Crippen molar-refractivity contribution in [2.24, 2.45) is 29.1 Å². The van der Waals surface area contributed by atoms with Gasteiger partial charge < -0.3 is 9.47 Å². The smallest absolute Gasteiger partial charge is 0.306 e. The van der Waals surface area contributed by atoms with Crippen LogP contribution in [0.5, 0.6) is 0 Å². The Morgan fingerprint density at radius 3 is 1.32 bits per heavy atom. The van der Waals surface area contributed by atoms with E-state index < -0.39 is 0 Å². The van der Waals surface area contributed by atoms with Crippen LogP contribution in [0.4, 0.5) is 0 Å². The first-order valence-corrected chi connectivity index (χ1v) is 21.1. The molecule has 0 aliphatic heterocycles. The van der Waals surface area contributed by atoms with Gasteiger partial charge in [0.2, 0.25) is 0 Å². The van der Waals surface area contributed by atoms with Crippen molar-refractivity contribution in [1.29, 1.82) is 0 Å². The zero-order chi connectivity index (χ0) is 34.2. The van der Waals surface area contributed by atoms with Crippen LogP contribution in [0, 0.1) is 29.1 Å². The minimum atomic E-state index is -0.354. The number of esters is 2. The highest BCUT2D eigenvalue weighted by Gasteiger charge is 2.35. The van der Waals surface area contributed by atoms with Crippen LogP contribution in [-0.4, -0.2) is 24.6 Å². The average molecular weight is 661 g/mol. The van der Waals surface area contributed by atoms with Gasteiger partial charge in [-0.2, -0.15) is 0 Å². The predicted molar refractivity (Wildman–Crippen MR) is 199 cm³/mol. The lowest BCUT2D eigenvalue weighted by atomic mass is 9.89. The molecule has 0 aromatic rings. The first-order chi connectivity index (χ1) is 22.7. The van der Waals surface area contributed by atoms with Gasteiger partial charge in [-0.1, -0.05) is 176 Å². The van der Waals surface area contributed by atoms with Crippen molar-refractivity contribution in [3.63, 3.8) is 0 Å². The van der Waals surface area contributed by atoms with Gasteiger partial charge in [0.05, 0.1) is 0 Å². The number of rotatable bonds is 32. The van der Waals surface area contributed by atoms with Crippen LogP contribution in [0.15, 0.2) is 0 Å². The normalized spacial score (nSPS) is 21.0. The van der Waals surface area contributed by atoms with E-state index in [9.17, 15) is 9.59 Å². The number of unbranched alkanes of at least 4 members (excludes halogenated alkanes) is 16. The minimum absolute atomic E-state index is 0.00207. The van der Waals surface area contributed by atoms with Gasteiger partial charge >= 0.3 is 11.9 Å². The number of carbonyl (C=O) groups excluding carboxylic acids is 2. The summed E-state index contributed by atoms with van der Waals surface area (Å²) in [5, 5.41) is 0. The second-order valence-electron chi connectivity index (χ2n) is 17.1. The van der Waals surface area contributed by atoms with Crippen molar-refractivity contribution >= 4 is 11.9 Å². The molecule has 2 fully saturated rings. The molecule has 0 N–H and O–H groups in total. The maximum absolute atomic E-state index is 12.6. The van der Waals surface area contributed by atoms with Crippen molar-refractivity contribution < 1.29 is 19.1 Å². The fourth-order valence-corrected chi connectivity index (χ4v) is 7.79. The Labute approximate surface area is 293 Å². The molecule has 0 spiro atoms. The molecular weight excluding hydrogens is 580 g/mol. The van der Waals surface area contributed by atoms with Crippen LogP contribution in [0.1, 0.15) is 221 Å². The molecule has 0 saturated heterocycles. The second kappa shape index (κ2) is 25.8. The van der Waals surface area contributed by atoms with E-state index in [4.69, 9.17) is 9.47 Å². The zero-order valence-corrected chi connectivity index (χ0v) is 32.2. The van der Waals surface area contributed by atoms with Gasteiger partial charge in [0.25, 0.3) is 0 Å². The molecule has 4 heteroatoms. The van der Waals surface area contributed by atoms with E-state index in [1.54, 1.807) is 0 Å². The lowest BCUT2D eigenvalue weighted by molar-refractivity contribution is -0.161. The van der Waals surface area contributed by atoms with Crippen molar-refractivity contribution in [3.05, 3.63) is 0 Å².